The fourth-order valence-electron chi connectivity index (χ4n) is 9.30. The lowest BCUT2D eigenvalue weighted by atomic mass is 9.92. The minimum absolute atomic E-state index is 0.129. The molecule has 9 heteroatoms. The first-order valence-corrected chi connectivity index (χ1v) is 20.2. The molecule has 2 heterocycles. The van der Waals surface area contributed by atoms with Crippen molar-refractivity contribution in [3.05, 3.63) is 190 Å². The summed E-state index contributed by atoms with van der Waals surface area (Å²) in [5, 5.41) is 15.5. The van der Waals surface area contributed by atoms with E-state index in [2.05, 4.69) is 78.3 Å². The summed E-state index contributed by atoms with van der Waals surface area (Å²) >= 11 is 0. The van der Waals surface area contributed by atoms with Gasteiger partial charge < -0.3 is 9.13 Å². The molecule has 0 saturated carbocycles. The Kier molecular flexibility index (Phi) is 9.04. The van der Waals surface area contributed by atoms with E-state index >= 15 is 0 Å². The van der Waals surface area contributed by atoms with Crippen molar-refractivity contribution in [2.75, 3.05) is 0 Å². The number of aromatic nitrogens is 2. The normalized spacial score (nSPS) is 14.9. The van der Waals surface area contributed by atoms with Crippen LogP contribution in [0.25, 0.3) is 78.0 Å². The zero-order chi connectivity index (χ0) is 43.1. The SMILES string of the molecule is CC1=CC=CCC1=c1ccc2c3c(n(-c4cc(-c5ccc(C(F)(F)F)cc5C(F)(F)F)c(C#N)cc4-n4c5ccccc5c5ccc(-c6ccccc6C)cc54)c2c1)=CC=CC3. The minimum atomic E-state index is -5.18. The van der Waals surface area contributed by atoms with Crippen LogP contribution < -0.4 is 10.6 Å². The van der Waals surface area contributed by atoms with E-state index in [9.17, 15) is 31.6 Å². The van der Waals surface area contributed by atoms with Crippen LogP contribution in [0.5, 0.6) is 0 Å². The molecule has 3 nitrogen and oxygen atoms in total. The lowest BCUT2D eigenvalue weighted by molar-refractivity contribution is -0.142. The van der Waals surface area contributed by atoms with E-state index < -0.39 is 29.0 Å². The van der Waals surface area contributed by atoms with E-state index in [4.69, 9.17) is 0 Å². The van der Waals surface area contributed by atoms with Crippen LogP contribution in [0.15, 0.2) is 151 Å². The number of nitrogens with zero attached hydrogens (tertiary/aromatic N) is 3. The van der Waals surface area contributed by atoms with Crippen molar-refractivity contribution >= 4 is 44.4 Å². The van der Waals surface area contributed by atoms with Crippen LogP contribution in [0, 0.1) is 18.3 Å². The molecule has 0 spiro atoms. The molecular formula is C53H35F6N3. The summed E-state index contributed by atoms with van der Waals surface area (Å²) in [5.74, 6) is 0. The highest BCUT2D eigenvalue weighted by Crippen LogP contribution is 2.45. The van der Waals surface area contributed by atoms with Crippen molar-refractivity contribution in [3.63, 3.8) is 0 Å². The van der Waals surface area contributed by atoms with Gasteiger partial charge in [-0.15, -0.1) is 0 Å². The van der Waals surface area contributed by atoms with Crippen molar-refractivity contribution in [1.82, 2.24) is 9.13 Å². The highest BCUT2D eigenvalue weighted by atomic mass is 19.4. The predicted molar refractivity (Wildman–Crippen MR) is 235 cm³/mol. The van der Waals surface area contributed by atoms with Gasteiger partial charge in [0, 0.05) is 21.7 Å². The number of hydrogen-bond acceptors (Lipinski definition) is 1. The Bertz CT molecular complexity index is 3470. The van der Waals surface area contributed by atoms with E-state index in [1.807, 2.05) is 72.2 Å². The summed E-state index contributed by atoms with van der Waals surface area (Å²) in [4.78, 5) is 0. The minimum Gasteiger partial charge on any atom is -0.307 e. The molecule has 304 valence electrons. The smallest absolute Gasteiger partial charge is 0.307 e. The van der Waals surface area contributed by atoms with E-state index in [0.717, 1.165) is 82.7 Å². The fourth-order valence-corrected chi connectivity index (χ4v) is 9.30. The molecule has 2 aliphatic rings. The first kappa shape index (κ1) is 38.9. The Labute approximate surface area is 352 Å². The molecule has 0 radical (unpaired) electrons. The molecule has 0 bridgehead atoms. The van der Waals surface area contributed by atoms with Gasteiger partial charge in [-0.25, -0.2) is 0 Å². The van der Waals surface area contributed by atoms with Crippen molar-refractivity contribution in [2.45, 2.75) is 39.0 Å². The lowest BCUT2D eigenvalue weighted by Crippen LogP contribution is -2.21. The third-order valence-electron chi connectivity index (χ3n) is 12.2. The Hall–Kier alpha value is -7.31. The standard InChI is InChI=1S/C53H35F6N3/c1-31-11-3-5-13-37(31)33-19-22-42-40-15-7-9-17-46(40)61(48(42)25-33)50-27-35(30-60)44(39-24-21-36(52(54,55)56)28-45(39)53(57,58)59)29-51(50)62-47-18-10-8-16-41(47)43-23-20-34(26-49(43)62)38-14-6-4-12-32(38)2/h3-13,15,17-29H,14,16H2,1-2H3. The maximum atomic E-state index is 15.0. The Morgan fingerprint density at radius 1 is 0.581 bits per heavy atom. The van der Waals surface area contributed by atoms with Gasteiger partial charge in [0.2, 0.25) is 0 Å². The summed E-state index contributed by atoms with van der Waals surface area (Å²) in [6, 6.07) is 35.3. The third kappa shape index (κ3) is 6.28. The molecule has 6 aromatic carbocycles. The number of alkyl halides is 6. The van der Waals surface area contributed by atoms with Crippen LogP contribution in [0.3, 0.4) is 0 Å². The van der Waals surface area contributed by atoms with Crippen molar-refractivity contribution in [2.24, 2.45) is 0 Å². The second-order valence-corrected chi connectivity index (χ2v) is 15.8. The Morgan fingerprint density at radius 3 is 2.06 bits per heavy atom. The number of para-hydroxylation sites is 1. The van der Waals surface area contributed by atoms with Gasteiger partial charge in [0.25, 0.3) is 0 Å². The van der Waals surface area contributed by atoms with Crippen LogP contribution in [0.2, 0.25) is 0 Å². The Balaban J connectivity index is 1.38. The summed E-state index contributed by atoms with van der Waals surface area (Å²) in [6.45, 7) is 4.10. The van der Waals surface area contributed by atoms with Crippen LogP contribution in [-0.2, 0) is 18.8 Å². The van der Waals surface area contributed by atoms with Crippen LogP contribution >= 0.6 is 0 Å². The van der Waals surface area contributed by atoms with Crippen LogP contribution in [0.1, 0.15) is 41.2 Å². The second kappa shape index (κ2) is 14.4. The number of fused-ring (bicyclic) bond motifs is 6. The number of aryl methyl sites for hydroxylation is 1. The average molecular weight is 828 g/mol. The molecule has 2 aromatic heterocycles. The zero-order valence-corrected chi connectivity index (χ0v) is 33.5. The summed E-state index contributed by atoms with van der Waals surface area (Å²) < 4.78 is 90.9. The van der Waals surface area contributed by atoms with Gasteiger partial charge in [0.05, 0.1) is 56.0 Å². The van der Waals surface area contributed by atoms with Gasteiger partial charge in [-0.2, -0.15) is 31.6 Å². The highest BCUT2D eigenvalue weighted by molar-refractivity contribution is 6.11. The maximum absolute atomic E-state index is 15.0. The number of benzene rings is 6. The van der Waals surface area contributed by atoms with Gasteiger partial charge in [0.1, 0.15) is 0 Å². The van der Waals surface area contributed by atoms with E-state index in [0.29, 0.717) is 30.3 Å². The molecule has 2 aliphatic carbocycles. The molecule has 0 aliphatic heterocycles. The number of rotatable bonds is 4. The molecular weight excluding hydrogens is 793 g/mol. The summed E-state index contributed by atoms with van der Waals surface area (Å²) in [7, 11) is 0. The monoisotopic (exact) mass is 827 g/mol. The number of hydrogen-bond donors (Lipinski definition) is 0. The molecule has 0 fully saturated rings. The van der Waals surface area contributed by atoms with Crippen molar-refractivity contribution < 1.29 is 26.3 Å². The number of nitriles is 1. The van der Waals surface area contributed by atoms with Crippen molar-refractivity contribution in [3.8, 4) is 39.7 Å². The molecule has 0 saturated heterocycles. The topological polar surface area (TPSA) is 33.6 Å². The largest absolute Gasteiger partial charge is 0.417 e. The first-order chi connectivity index (χ1) is 29.8. The van der Waals surface area contributed by atoms with Gasteiger partial charge in [-0.3, -0.25) is 0 Å². The maximum Gasteiger partial charge on any atom is 0.417 e. The summed E-state index contributed by atoms with van der Waals surface area (Å²) in [5.41, 5.74) is 5.95. The highest BCUT2D eigenvalue weighted by Gasteiger charge is 2.39. The molecule has 0 atom stereocenters. The molecule has 8 aromatic rings. The number of allylic oxidation sites excluding steroid dienone is 6. The van der Waals surface area contributed by atoms with Gasteiger partial charge >= 0.3 is 12.4 Å². The molecule has 0 unspecified atom stereocenters. The van der Waals surface area contributed by atoms with Gasteiger partial charge in [0.15, 0.2) is 0 Å². The summed E-state index contributed by atoms with van der Waals surface area (Å²) in [6.07, 6.45) is 3.26. The molecule has 0 N–H and O–H groups in total. The molecule has 10 rings (SSSR count). The van der Waals surface area contributed by atoms with Crippen LogP contribution in [0.4, 0.5) is 26.3 Å². The second-order valence-electron chi connectivity index (χ2n) is 15.8. The van der Waals surface area contributed by atoms with Crippen molar-refractivity contribution in [1.29, 1.82) is 5.26 Å². The van der Waals surface area contributed by atoms with E-state index in [1.165, 1.54) is 0 Å². The lowest BCUT2D eigenvalue weighted by Gasteiger charge is -2.21. The quantitative estimate of drug-likeness (QED) is 0.163. The third-order valence-corrected chi connectivity index (χ3v) is 12.2. The predicted octanol–water partition coefficient (Wildman–Crippen LogP) is 13.2. The first-order valence-electron chi connectivity index (χ1n) is 20.2. The fraction of sp³-hybridized carbons (Fsp3) is 0.113. The van der Waals surface area contributed by atoms with Gasteiger partial charge in [-0.05, 0) is 119 Å². The van der Waals surface area contributed by atoms with Crippen LogP contribution in [-0.4, -0.2) is 9.13 Å². The number of halogens is 6. The zero-order valence-electron chi connectivity index (χ0n) is 33.5. The van der Waals surface area contributed by atoms with E-state index in [-0.39, 0.29) is 17.2 Å². The Morgan fingerprint density at radius 2 is 1.29 bits per heavy atom. The molecule has 62 heavy (non-hydrogen) atoms. The van der Waals surface area contributed by atoms with Gasteiger partial charge in [-0.1, -0.05) is 103 Å². The average Bonchev–Trinajstić information content (AvgIpc) is 3.77. The molecule has 0 amide bonds. The van der Waals surface area contributed by atoms with E-state index in [1.54, 1.807) is 12.1 Å².